The first-order valence-corrected chi connectivity index (χ1v) is 10.1. The molecule has 0 atom stereocenters. The van der Waals surface area contributed by atoms with Crippen molar-refractivity contribution in [3.05, 3.63) is 74.8 Å². The molecule has 0 aliphatic heterocycles. The highest BCUT2D eigenvalue weighted by Gasteiger charge is 2.16. The minimum absolute atomic E-state index is 0.0676. The first-order valence-electron chi connectivity index (χ1n) is 8.48. The molecule has 0 radical (unpaired) electrons. The Labute approximate surface area is 173 Å². The summed E-state index contributed by atoms with van der Waals surface area (Å²) in [6.45, 7) is 2.35. The number of amides is 1. The lowest BCUT2D eigenvalue weighted by Gasteiger charge is -2.02. The molecule has 0 saturated carbocycles. The molecule has 140 valence electrons. The van der Waals surface area contributed by atoms with Gasteiger partial charge in [-0.25, -0.2) is 4.98 Å². The van der Waals surface area contributed by atoms with E-state index in [0.717, 1.165) is 31.9 Å². The van der Waals surface area contributed by atoms with Crippen LogP contribution in [0.3, 0.4) is 0 Å². The van der Waals surface area contributed by atoms with Crippen LogP contribution >= 0.6 is 27.3 Å². The molecule has 6 nitrogen and oxygen atoms in total. The van der Waals surface area contributed by atoms with E-state index in [1.54, 1.807) is 11.3 Å². The van der Waals surface area contributed by atoms with E-state index in [1.807, 2.05) is 60.8 Å². The van der Waals surface area contributed by atoms with Crippen LogP contribution in [0.1, 0.15) is 21.3 Å². The van der Waals surface area contributed by atoms with Crippen molar-refractivity contribution in [2.45, 2.75) is 13.5 Å². The zero-order valence-corrected chi connectivity index (χ0v) is 17.3. The van der Waals surface area contributed by atoms with E-state index >= 15 is 0 Å². The zero-order chi connectivity index (χ0) is 19.5. The summed E-state index contributed by atoms with van der Waals surface area (Å²) in [5.74, 6) is -0.113. The summed E-state index contributed by atoms with van der Waals surface area (Å²) in [5, 5.41) is 9.73. The van der Waals surface area contributed by atoms with Crippen LogP contribution in [0.25, 0.3) is 22.6 Å². The quantitative estimate of drug-likeness (QED) is 0.465. The molecule has 0 unspecified atom stereocenters. The van der Waals surface area contributed by atoms with Gasteiger partial charge in [0.05, 0.1) is 10.7 Å². The summed E-state index contributed by atoms with van der Waals surface area (Å²) >= 11 is 4.98. The fraction of sp³-hybridized carbons (Fsp3) is 0.100. The van der Waals surface area contributed by atoms with Crippen molar-refractivity contribution in [1.29, 1.82) is 0 Å². The van der Waals surface area contributed by atoms with Crippen LogP contribution in [0.4, 0.5) is 0 Å². The lowest BCUT2D eigenvalue weighted by atomic mass is 10.1. The summed E-state index contributed by atoms with van der Waals surface area (Å²) in [4.78, 5) is 21.0. The van der Waals surface area contributed by atoms with Gasteiger partial charge in [-0.3, -0.25) is 4.79 Å². The van der Waals surface area contributed by atoms with E-state index in [0.29, 0.717) is 12.4 Å². The summed E-state index contributed by atoms with van der Waals surface area (Å²) < 4.78 is 6.13. The predicted molar refractivity (Wildman–Crippen MR) is 111 cm³/mol. The number of nitrogens with one attached hydrogen (secondary N) is 1. The van der Waals surface area contributed by atoms with Crippen molar-refractivity contribution in [3.63, 3.8) is 0 Å². The van der Waals surface area contributed by atoms with Crippen molar-refractivity contribution in [3.8, 4) is 22.6 Å². The van der Waals surface area contributed by atoms with E-state index in [-0.39, 0.29) is 5.89 Å². The molecule has 2 aromatic heterocycles. The molecule has 2 aromatic carbocycles. The molecule has 0 aliphatic carbocycles. The summed E-state index contributed by atoms with van der Waals surface area (Å²) in [5.41, 5.74) is 3.61. The zero-order valence-electron chi connectivity index (χ0n) is 14.8. The maximum Gasteiger partial charge on any atom is 0.316 e. The summed E-state index contributed by atoms with van der Waals surface area (Å²) in [6, 6.07) is 15.4. The maximum absolute atomic E-state index is 12.3. The van der Waals surface area contributed by atoms with Crippen molar-refractivity contribution >= 4 is 33.2 Å². The number of hydrogen-bond donors (Lipinski definition) is 1. The Kier molecular flexibility index (Phi) is 5.31. The van der Waals surface area contributed by atoms with Crippen LogP contribution in [0.15, 0.2) is 62.9 Å². The Bertz CT molecular complexity index is 1120. The van der Waals surface area contributed by atoms with Gasteiger partial charge in [-0.15, -0.1) is 11.3 Å². The molecule has 1 amide bonds. The summed E-state index contributed by atoms with van der Waals surface area (Å²) in [6.07, 6.45) is 0. The Hall–Kier alpha value is -2.84. The summed E-state index contributed by atoms with van der Waals surface area (Å²) in [7, 11) is 0. The molecule has 4 rings (SSSR count). The number of carbonyl (C=O) groups is 1. The van der Waals surface area contributed by atoms with Crippen molar-refractivity contribution in [1.82, 2.24) is 20.4 Å². The van der Waals surface area contributed by atoms with Crippen LogP contribution in [0.5, 0.6) is 0 Å². The van der Waals surface area contributed by atoms with Crippen LogP contribution in [-0.4, -0.2) is 21.0 Å². The van der Waals surface area contributed by atoms with Crippen LogP contribution < -0.4 is 5.32 Å². The molecule has 4 aromatic rings. The minimum Gasteiger partial charge on any atom is -0.344 e. The molecule has 0 aliphatic rings. The van der Waals surface area contributed by atoms with Gasteiger partial charge in [-0.05, 0) is 30.7 Å². The van der Waals surface area contributed by atoms with Gasteiger partial charge in [0.15, 0.2) is 0 Å². The van der Waals surface area contributed by atoms with Crippen molar-refractivity contribution < 1.29 is 9.32 Å². The molecule has 1 N–H and O–H groups in total. The number of aryl methyl sites for hydroxylation is 1. The van der Waals surface area contributed by atoms with Gasteiger partial charge in [-0.1, -0.05) is 51.4 Å². The second-order valence-electron chi connectivity index (χ2n) is 6.06. The van der Waals surface area contributed by atoms with Gasteiger partial charge >= 0.3 is 11.8 Å². The smallest absolute Gasteiger partial charge is 0.316 e. The second kappa shape index (κ2) is 8.04. The molecule has 0 bridgehead atoms. The van der Waals surface area contributed by atoms with Gasteiger partial charge in [0.25, 0.3) is 0 Å². The number of aromatic nitrogens is 3. The Morgan fingerprint density at radius 3 is 2.68 bits per heavy atom. The van der Waals surface area contributed by atoms with E-state index < -0.39 is 5.91 Å². The Balaban J connectivity index is 1.48. The fourth-order valence-electron chi connectivity index (χ4n) is 2.61. The molecule has 0 fully saturated rings. The topological polar surface area (TPSA) is 80.9 Å². The van der Waals surface area contributed by atoms with E-state index in [2.05, 4.69) is 36.4 Å². The number of nitrogens with zero attached hydrogens (tertiary/aromatic N) is 3. The largest absolute Gasteiger partial charge is 0.344 e. The number of rotatable bonds is 5. The highest BCUT2D eigenvalue weighted by atomic mass is 79.9. The molecule has 8 heteroatoms. The standard InChI is InChI=1S/C20H15BrN4O2S/c1-12-23-17(11-28-12)14-3-2-4-15(9-14)18-24-20(27-25-18)19(26)22-10-13-5-7-16(21)8-6-13/h2-9,11H,10H2,1H3,(H,22,26). The SMILES string of the molecule is Cc1nc(-c2cccc(-c3noc(C(=O)NCc4ccc(Br)cc4)n3)c2)cs1. The highest BCUT2D eigenvalue weighted by Crippen LogP contribution is 2.26. The van der Waals surface area contributed by atoms with Gasteiger partial charge in [0, 0.05) is 27.5 Å². The normalized spacial score (nSPS) is 10.8. The number of carbonyl (C=O) groups excluding carboxylic acids is 1. The molecule has 28 heavy (non-hydrogen) atoms. The minimum atomic E-state index is -0.409. The van der Waals surface area contributed by atoms with Crippen LogP contribution in [0, 0.1) is 6.92 Å². The fourth-order valence-corrected chi connectivity index (χ4v) is 3.49. The first-order chi connectivity index (χ1) is 13.6. The molecular weight excluding hydrogens is 440 g/mol. The average Bonchev–Trinajstić information content (AvgIpc) is 3.37. The van der Waals surface area contributed by atoms with Gasteiger partial charge in [0.1, 0.15) is 0 Å². The first kappa shape index (κ1) is 18.5. The number of hydrogen-bond acceptors (Lipinski definition) is 6. The highest BCUT2D eigenvalue weighted by molar-refractivity contribution is 9.10. The third-order valence-corrected chi connectivity index (χ3v) is 5.32. The third-order valence-electron chi connectivity index (χ3n) is 4.02. The van der Waals surface area contributed by atoms with Crippen molar-refractivity contribution in [2.24, 2.45) is 0 Å². The lowest BCUT2D eigenvalue weighted by Crippen LogP contribution is -2.23. The van der Waals surface area contributed by atoms with E-state index in [1.165, 1.54) is 0 Å². The maximum atomic E-state index is 12.3. The number of halogens is 1. The Morgan fingerprint density at radius 1 is 1.14 bits per heavy atom. The van der Waals surface area contributed by atoms with Gasteiger partial charge in [-0.2, -0.15) is 4.98 Å². The van der Waals surface area contributed by atoms with Crippen LogP contribution in [0.2, 0.25) is 0 Å². The molecule has 0 saturated heterocycles. The number of thiazole rings is 1. The Morgan fingerprint density at radius 2 is 1.93 bits per heavy atom. The average molecular weight is 455 g/mol. The second-order valence-corrected chi connectivity index (χ2v) is 8.04. The van der Waals surface area contributed by atoms with Crippen molar-refractivity contribution in [2.75, 3.05) is 0 Å². The van der Waals surface area contributed by atoms with Gasteiger partial charge in [0.2, 0.25) is 5.82 Å². The molecule has 0 spiro atoms. The lowest BCUT2D eigenvalue weighted by molar-refractivity contribution is 0.0907. The monoisotopic (exact) mass is 454 g/mol. The van der Waals surface area contributed by atoms with Crippen LogP contribution in [-0.2, 0) is 6.54 Å². The van der Waals surface area contributed by atoms with E-state index in [9.17, 15) is 4.79 Å². The predicted octanol–water partition coefficient (Wildman–Crippen LogP) is 4.86. The molecule has 2 heterocycles. The van der Waals surface area contributed by atoms with Gasteiger partial charge < -0.3 is 9.84 Å². The number of benzene rings is 2. The van der Waals surface area contributed by atoms with E-state index in [4.69, 9.17) is 4.52 Å². The third kappa shape index (κ3) is 4.18. The molecular formula is C20H15BrN4O2S.